The number of fused-ring (bicyclic) bond motifs is 1. The van der Waals surface area contributed by atoms with E-state index >= 15 is 0 Å². The Bertz CT molecular complexity index is 1330. The van der Waals surface area contributed by atoms with Crippen molar-refractivity contribution in [3.8, 4) is 16.9 Å². The molecule has 35 heavy (non-hydrogen) atoms. The third-order valence-corrected chi connectivity index (χ3v) is 6.21. The maximum atomic E-state index is 13.4. The summed E-state index contributed by atoms with van der Waals surface area (Å²) in [6.07, 6.45) is 5.19. The number of rotatable bonds is 6. The number of nitrogens with zero attached hydrogens (tertiary/aromatic N) is 5. The van der Waals surface area contributed by atoms with E-state index in [0.717, 1.165) is 28.2 Å². The molecule has 0 atom stereocenters. The second-order valence-corrected chi connectivity index (χ2v) is 8.57. The fraction of sp³-hybridized carbons (Fsp3) is 0.320. The van der Waals surface area contributed by atoms with Gasteiger partial charge < -0.3 is 14.0 Å². The lowest BCUT2D eigenvalue weighted by molar-refractivity contribution is -0.0504. The van der Waals surface area contributed by atoms with Crippen LogP contribution in [0.2, 0.25) is 0 Å². The molecule has 4 aromatic rings. The van der Waals surface area contributed by atoms with Crippen LogP contribution in [-0.2, 0) is 6.42 Å². The number of aryl methyl sites for hydroxylation is 1. The minimum absolute atomic E-state index is 0.132. The highest BCUT2D eigenvalue weighted by atomic mass is 19.3. The maximum absolute atomic E-state index is 13.4. The van der Waals surface area contributed by atoms with Gasteiger partial charge in [-0.05, 0) is 25.1 Å². The molecule has 0 amide bonds. The van der Waals surface area contributed by atoms with Crippen LogP contribution < -0.4 is 9.64 Å². The van der Waals surface area contributed by atoms with Crippen LogP contribution in [0.15, 0.2) is 55.0 Å². The molecule has 1 aromatic carbocycles. The molecule has 5 rings (SSSR count). The second-order valence-electron chi connectivity index (χ2n) is 8.57. The molecule has 0 bridgehead atoms. The van der Waals surface area contributed by atoms with E-state index in [1.807, 2.05) is 29.7 Å². The molecule has 1 aliphatic rings. The van der Waals surface area contributed by atoms with E-state index in [4.69, 9.17) is 0 Å². The largest absolute Gasteiger partial charge is 0.435 e. The van der Waals surface area contributed by atoms with Crippen LogP contribution in [0.4, 0.5) is 23.5 Å². The standard InChI is InChI=1S/C25H23F4N5O/c1-16-20(12-17-4-2-3-5-21(17)35-23(26)27)34-15-18(6-7-22(34)32-16)19-13-30-24(31-14-19)33-10-8-25(28,29)9-11-33/h2-7,13-15,23H,8-12H2,1H3. The molecule has 10 heteroatoms. The molecule has 0 N–H and O–H groups in total. The van der Waals surface area contributed by atoms with Gasteiger partial charge >= 0.3 is 6.61 Å². The number of hydrogen-bond acceptors (Lipinski definition) is 5. The zero-order chi connectivity index (χ0) is 24.6. The predicted molar refractivity (Wildman–Crippen MR) is 123 cm³/mol. The molecule has 6 nitrogen and oxygen atoms in total. The lowest BCUT2D eigenvalue weighted by atomic mass is 10.1. The third-order valence-electron chi connectivity index (χ3n) is 6.21. The van der Waals surface area contributed by atoms with Gasteiger partial charge in [-0.2, -0.15) is 8.78 Å². The van der Waals surface area contributed by atoms with Crippen LogP contribution in [0.5, 0.6) is 5.75 Å². The van der Waals surface area contributed by atoms with Gasteiger partial charge in [0.15, 0.2) is 0 Å². The Balaban J connectivity index is 1.42. The van der Waals surface area contributed by atoms with E-state index in [9.17, 15) is 17.6 Å². The first-order chi connectivity index (χ1) is 16.8. The van der Waals surface area contributed by atoms with Gasteiger partial charge in [-0.25, -0.2) is 23.7 Å². The summed E-state index contributed by atoms with van der Waals surface area (Å²) in [5, 5.41) is 0. The molecule has 0 saturated carbocycles. The third kappa shape index (κ3) is 4.91. The minimum atomic E-state index is -2.91. The zero-order valence-corrected chi connectivity index (χ0v) is 19.0. The van der Waals surface area contributed by atoms with Crippen LogP contribution in [0.3, 0.4) is 0 Å². The van der Waals surface area contributed by atoms with E-state index in [1.54, 1.807) is 35.5 Å². The summed E-state index contributed by atoms with van der Waals surface area (Å²) >= 11 is 0. The quantitative estimate of drug-likeness (QED) is 0.336. The summed E-state index contributed by atoms with van der Waals surface area (Å²) in [6.45, 7) is -0.603. The molecule has 0 radical (unpaired) electrons. The van der Waals surface area contributed by atoms with Gasteiger partial charge in [-0.3, -0.25) is 0 Å². The van der Waals surface area contributed by atoms with Crippen LogP contribution in [0.1, 0.15) is 29.8 Å². The van der Waals surface area contributed by atoms with Crippen molar-refractivity contribution in [2.24, 2.45) is 0 Å². The highest BCUT2D eigenvalue weighted by Crippen LogP contribution is 2.30. The van der Waals surface area contributed by atoms with Crippen molar-refractivity contribution >= 4 is 11.6 Å². The van der Waals surface area contributed by atoms with E-state index in [2.05, 4.69) is 19.7 Å². The summed E-state index contributed by atoms with van der Waals surface area (Å²) in [4.78, 5) is 15.2. The number of aromatic nitrogens is 4. The number of para-hydroxylation sites is 1. The van der Waals surface area contributed by atoms with Gasteiger partial charge in [-0.1, -0.05) is 18.2 Å². The van der Waals surface area contributed by atoms with Crippen LogP contribution in [0.25, 0.3) is 16.8 Å². The Kier molecular flexibility index (Phi) is 6.04. The average molecular weight is 485 g/mol. The van der Waals surface area contributed by atoms with Crippen molar-refractivity contribution in [3.05, 3.63) is 71.9 Å². The summed E-state index contributed by atoms with van der Waals surface area (Å²) in [5.41, 5.74) is 4.58. The van der Waals surface area contributed by atoms with Crippen molar-refractivity contribution in [2.75, 3.05) is 18.0 Å². The van der Waals surface area contributed by atoms with Crippen LogP contribution in [-0.4, -0.2) is 45.0 Å². The lowest BCUT2D eigenvalue weighted by Crippen LogP contribution is -2.40. The molecular weight excluding hydrogens is 462 g/mol. The van der Waals surface area contributed by atoms with Crippen LogP contribution >= 0.6 is 0 Å². The summed E-state index contributed by atoms with van der Waals surface area (Å²) in [6, 6.07) is 10.5. The molecule has 182 valence electrons. The van der Waals surface area contributed by atoms with Gasteiger partial charge in [0.25, 0.3) is 5.92 Å². The highest BCUT2D eigenvalue weighted by Gasteiger charge is 2.34. The van der Waals surface area contributed by atoms with Gasteiger partial charge in [-0.15, -0.1) is 0 Å². The Morgan fingerprint density at radius 1 is 1.00 bits per heavy atom. The Morgan fingerprint density at radius 2 is 1.71 bits per heavy atom. The zero-order valence-electron chi connectivity index (χ0n) is 19.0. The monoisotopic (exact) mass is 485 g/mol. The molecule has 1 saturated heterocycles. The number of anilines is 1. The molecule has 1 fully saturated rings. The van der Waals surface area contributed by atoms with E-state index in [0.29, 0.717) is 17.9 Å². The van der Waals surface area contributed by atoms with Crippen molar-refractivity contribution in [1.29, 1.82) is 0 Å². The van der Waals surface area contributed by atoms with Gasteiger partial charge in [0.2, 0.25) is 5.95 Å². The Morgan fingerprint density at radius 3 is 2.43 bits per heavy atom. The summed E-state index contributed by atoms with van der Waals surface area (Å²) < 4.78 is 59.2. The number of halogens is 4. The first-order valence-corrected chi connectivity index (χ1v) is 11.2. The molecule has 0 spiro atoms. The van der Waals surface area contributed by atoms with Gasteiger partial charge in [0, 0.05) is 73.3 Å². The van der Waals surface area contributed by atoms with Gasteiger partial charge in [0.05, 0.1) is 5.69 Å². The molecule has 0 unspecified atom stereocenters. The molecule has 1 aliphatic heterocycles. The molecular formula is C25H23F4N5O. The molecule has 0 aliphatic carbocycles. The Labute approximate surface area is 199 Å². The fourth-order valence-electron chi connectivity index (χ4n) is 4.30. The highest BCUT2D eigenvalue weighted by molar-refractivity contribution is 5.64. The van der Waals surface area contributed by atoms with Crippen molar-refractivity contribution in [2.45, 2.75) is 38.7 Å². The fourth-order valence-corrected chi connectivity index (χ4v) is 4.30. The van der Waals surface area contributed by atoms with Crippen LogP contribution in [0, 0.1) is 6.92 Å². The number of alkyl halides is 4. The number of imidazole rings is 1. The normalized spacial score (nSPS) is 15.7. The number of hydrogen-bond donors (Lipinski definition) is 0. The predicted octanol–water partition coefficient (Wildman–Crippen LogP) is 5.53. The molecule has 4 heterocycles. The smallest absolute Gasteiger partial charge is 0.387 e. The summed E-state index contributed by atoms with van der Waals surface area (Å²) in [5.74, 6) is -2.06. The van der Waals surface area contributed by atoms with Crippen molar-refractivity contribution in [1.82, 2.24) is 19.4 Å². The van der Waals surface area contributed by atoms with E-state index in [-0.39, 0.29) is 31.7 Å². The maximum Gasteiger partial charge on any atom is 0.387 e. The van der Waals surface area contributed by atoms with Crippen molar-refractivity contribution < 1.29 is 22.3 Å². The van der Waals surface area contributed by atoms with Gasteiger partial charge in [0.1, 0.15) is 11.4 Å². The Hall–Kier alpha value is -3.69. The number of benzene rings is 1. The first-order valence-electron chi connectivity index (χ1n) is 11.2. The van der Waals surface area contributed by atoms with Crippen molar-refractivity contribution in [3.63, 3.8) is 0 Å². The second kappa shape index (κ2) is 9.16. The SMILES string of the molecule is Cc1nc2ccc(-c3cnc(N4CCC(F)(F)CC4)nc3)cn2c1Cc1ccccc1OC(F)F. The average Bonchev–Trinajstić information content (AvgIpc) is 3.14. The molecule has 3 aromatic heterocycles. The lowest BCUT2D eigenvalue weighted by Gasteiger charge is -2.31. The van der Waals surface area contributed by atoms with E-state index in [1.165, 1.54) is 6.07 Å². The number of ether oxygens (including phenoxy) is 1. The topological polar surface area (TPSA) is 55.6 Å². The first kappa shape index (κ1) is 23.1. The number of piperidine rings is 1. The number of pyridine rings is 1. The minimum Gasteiger partial charge on any atom is -0.435 e. The summed E-state index contributed by atoms with van der Waals surface area (Å²) in [7, 11) is 0. The van der Waals surface area contributed by atoms with E-state index < -0.39 is 12.5 Å².